The molecule has 0 saturated carbocycles. The lowest BCUT2D eigenvalue weighted by atomic mass is 9.97. The van der Waals surface area contributed by atoms with Crippen LogP contribution in [0.5, 0.6) is 5.75 Å². The van der Waals surface area contributed by atoms with Crippen molar-refractivity contribution < 1.29 is 14.6 Å². The third-order valence-corrected chi connectivity index (χ3v) is 5.26. The second-order valence-corrected chi connectivity index (χ2v) is 8.13. The summed E-state index contributed by atoms with van der Waals surface area (Å²) in [5.41, 5.74) is 0.816. The average Bonchev–Trinajstić information content (AvgIpc) is 2.74. The molecule has 1 unspecified atom stereocenters. The number of hydrogen-bond acceptors (Lipinski definition) is 5. The van der Waals surface area contributed by atoms with Crippen molar-refractivity contribution in [2.75, 3.05) is 53.0 Å². The second-order valence-electron chi connectivity index (χ2n) is 8.13. The molecule has 0 aromatic heterocycles. The molecular weight excluding hydrogens is 380 g/mol. The molecule has 0 radical (unpaired) electrons. The molecule has 1 aliphatic heterocycles. The van der Waals surface area contributed by atoms with E-state index in [0.717, 1.165) is 56.6 Å². The van der Waals surface area contributed by atoms with E-state index in [1.807, 2.05) is 38.1 Å². The predicted molar refractivity (Wildman–Crippen MR) is 122 cm³/mol. The van der Waals surface area contributed by atoms with Crippen LogP contribution in [0, 0.1) is 5.92 Å². The Kier molecular flexibility index (Phi) is 11.0. The first kappa shape index (κ1) is 24.4. The second kappa shape index (κ2) is 13.5. The zero-order valence-electron chi connectivity index (χ0n) is 19.1. The summed E-state index contributed by atoms with van der Waals surface area (Å²) in [6, 6.07) is 7.61. The lowest BCUT2D eigenvalue weighted by molar-refractivity contribution is 0.121. The quantitative estimate of drug-likeness (QED) is 0.377. The summed E-state index contributed by atoms with van der Waals surface area (Å²) in [5, 5.41) is 17.3. The van der Waals surface area contributed by atoms with Crippen molar-refractivity contribution in [2.45, 2.75) is 45.8 Å². The maximum atomic E-state index is 10.6. The van der Waals surface area contributed by atoms with Crippen molar-refractivity contribution in [3.63, 3.8) is 0 Å². The number of ether oxygens (including phenoxy) is 2. The van der Waals surface area contributed by atoms with Crippen molar-refractivity contribution in [3.8, 4) is 5.75 Å². The number of hydrogen-bond donors (Lipinski definition) is 3. The van der Waals surface area contributed by atoms with Crippen molar-refractivity contribution in [2.24, 2.45) is 10.9 Å². The fraction of sp³-hybridized carbons (Fsp3) is 0.696. The molecule has 0 aliphatic carbocycles. The van der Waals surface area contributed by atoms with E-state index < -0.39 is 6.10 Å². The molecule has 170 valence electrons. The molecule has 1 fully saturated rings. The van der Waals surface area contributed by atoms with Gasteiger partial charge in [-0.25, -0.2) is 0 Å². The number of nitrogens with zero attached hydrogens (tertiary/aromatic N) is 2. The first-order valence-electron chi connectivity index (χ1n) is 11.2. The number of methoxy groups -OCH3 is 1. The highest BCUT2D eigenvalue weighted by molar-refractivity contribution is 5.79. The van der Waals surface area contributed by atoms with Crippen LogP contribution in [0.4, 0.5) is 0 Å². The van der Waals surface area contributed by atoms with Crippen LogP contribution < -0.4 is 15.4 Å². The van der Waals surface area contributed by atoms with Crippen LogP contribution in [-0.2, 0) is 4.74 Å². The van der Waals surface area contributed by atoms with E-state index in [9.17, 15) is 5.11 Å². The summed E-state index contributed by atoms with van der Waals surface area (Å²) in [4.78, 5) is 7.06. The maximum Gasteiger partial charge on any atom is 0.191 e. The van der Waals surface area contributed by atoms with E-state index >= 15 is 0 Å². The summed E-state index contributed by atoms with van der Waals surface area (Å²) in [6.45, 7) is 12.1. The van der Waals surface area contributed by atoms with Gasteiger partial charge in [-0.05, 0) is 70.3 Å². The molecule has 1 heterocycles. The fourth-order valence-electron chi connectivity index (χ4n) is 3.57. The summed E-state index contributed by atoms with van der Waals surface area (Å²) < 4.78 is 10.9. The minimum absolute atomic E-state index is 0.104. The van der Waals surface area contributed by atoms with E-state index in [1.54, 1.807) is 7.11 Å². The molecule has 7 heteroatoms. The summed E-state index contributed by atoms with van der Waals surface area (Å²) in [5.74, 6) is 2.17. The number of aliphatic hydroxyl groups excluding tert-OH is 1. The third-order valence-electron chi connectivity index (χ3n) is 5.26. The van der Waals surface area contributed by atoms with Crippen LogP contribution in [0.25, 0.3) is 0 Å². The minimum Gasteiger partial charge on any atom is -0.491 e. The average molecular weight is 421 g/mol. The molecule has 1 aromatic carbocycles. The lowest BCUT2D eigenvalue weighted by Crippen LogP contribution is -2.43. The minimum atomic E-state index is -0.666. The molecular formula is C23H40N4O3. The number of piperidine rings is 1. The van der Waals surface area contributed by atoms with E-state index in [0.29, 0.717) is 12.5 Å². The smallest absolute Gasteiger partial charge is 0.191 e. The van der Waals surface area contributed by atoms with E-state index in [-0.39, 0.29) is 6.10 Å². The van der Waals surface area contributed by atoms with Gasteiger partial charge in [0.1, 0.15) is 5.75 Å². The van der Waals surface area contributed by atoms with E-state index in [1.165, 1.54) is 12.8 Å². The Morgan fingerprint density at radius 3 is 2.70 bits per heavy atom. The first-order chi connectivity index (χ1) is 14.5. The van der Waals surface area contributed by atoms with Crippen molar-refractivity contribution in [1.82, 2.24) is 15.5 Å². The molecule has 30 heavy (non-hydrogen) atoms. The summed E-state index contributed by atoms with van der Waals surface area (Å²) in [7, 11) is 1.76. The van der Waals surface area contributed by atoms with Gasteiger partial charge in [-0.15, -0.1) is 0 Å². The molecule has 3 N–H and O–H groups in total. The molecule has 0 spiro atoms. The largest absolute Gasteiger partial charge is 0.491 e. The number of aliphatic hydroxyl groups is 1. The highest BCUT2D eigenvalue weighted by atomic mass is 16.5. The molecule has 0 bridgehead atoms. The molecule has 2 rings (SSSR count). The summed E-state index contributed by atoms with van der Waals surface area (Å²) >= 11 is 0. The topological polar surface area (TPSA) is 78.4 Å². The molecule has 1 aliphatic rings. The zero-order chi connectivity index (χ0) is 21.8. The molecule has 1 saturated heterocycles. The molecule has 0 amide bonds. The Labute approximate surface area is 181 Å². The van der Waals surface area contributed by atoms with E-state index in [4.69, 9.17) is 9.47 Å². The van der Waals surface area contributed by atoms with Crippen molar-refractivity contribution >= 4 is 5.96 Å². The number of benzene rings is 1. The van der Waals surface area contributed by atoms with Crippen LogP contribution in [0.2, 0.25) is 0 Å². The van der Waals surface area contributed by atoms with Gasteiger partial charge in [0, 0.05) is 26.7 Å². The van der Waals surface area contributed by atoms with Gasteiger partial charge < -0.3 is 30.1 Å². The number of aliphatic imine (C=N–C) groups is 1. The Morgan fingerprint density at radius 1 is 1.27 bits per heavy atom. The Bertz CT molecular complexity index is 631. The van der Waals surface area contributed by atoms with Gasteiger partial charge in [0.15, 0.2) is 5.96 Å². The third kappa shape index (κ3) is 8.90. The van der Waals surface area contributed by atoms with Gasteiger partial charge in [-0.3, -0.25) is 4.99 Å². The van der Waals surface area contributed by atoms with Gasteiger partial charge >= 0.3 is 0 Å². The lowest BCUT2D eigenvalue weighted by Gasteiger charge is -2.32. The molecule has 1 aromatic rings. The van der Waals surface area contributed by atoms with Gasteiger partial charge in [-0.2, -0.15) is 0 Å². The van der Waals surface area contributed by atoms with Gasteiger partial charge in [0.05, 0.1) is 25.4 Å². The zero-order valence-corrected chi connectivity index (χ0v) is 19.1. The molecule has 1 atom stereocenters. The van der Waals surface area contributed by atoms with Gasteiger partial charge in [0.2, 0.25) is 0 Å². The molecule has 7 nitrogen and oxygen atoms in total. The van der Waals surface area contributed by atoms with Crippen LogP contribution in [0.3, 0.4) is 0 Å². The first-order valence-corrected chi connectivity index (χ1v) is 11.2. The normalized spacial score (nSPS) is 17.2. The number of likely N-dealkylation sites (tertiary alicyclic amines) is 1. The Hall–Kier alpha value is -1.83. The summed E-state index contributed by atoms with van der Waals surface area (Å²) in [6.07, 6.45) is 1.80. The maximum absolute atomic E-state index is 10.6. The number of rotatable bonds is 11. The van der Waals surface area contributed by atoms with Crippen LogP contribution in [-0.4, -0.2) is 75.1 Å². The van der Waals surface area contributed by atoms with Crippen molar-refractivity contribution in [1.29, 1.82) is 0 Å². The van der Waals surface area contributed by atoms with Crippen LogP contribution >= 0.6 is 0 Å². The van der Waals surface area contributed by atoms with Gasteiger partial charge in [-0.1, -0.05) is 12.1 Å². The van der Waals surface area contributed by atoms with Crippen LogP contribution in [0.15, 0.2) is 29.3 Å². The number of guanidine groups is 1. The highest BCUT2D eigenvalue weighted by Crippen LogP contribution is 2.20. The monoisotopic (exact) mass is 420 g/mol. The van der Waals surface area contributed by atoms with Crippen LogP contribution in [0.1, 0.15) is 45.3 Å². The number of nitrogens with one attached hydrogen (secondary N) is 2. The standard InChI is InChI=1S/C23H40N4O3/c1-5-24-23(25-16-19-9-11-27(12-10-19)13-14-29-4)26-17-22(28)20-7-6-8-21(15-20)30-18(2)3/h6-8,15,18-19,22,28H,5,9-14,16-17H2,1-4H3,(H2,24,25,26). The SMILES string of the molecule is CCNC(=NCC(O)c1cccc(OC(C)C)c1)NCC1CCN(CCOC)CC1. The van der Waals surface area contributed by atoms with Gasteiger partial charge in [0.25, 0.3) is 0 Å². The predicted octanol–water partition coefficient (Wildman–Crippen LogP) is 2.42. The fourth-order valence-corrected chi connectivity index (χ4v) is 3.57. The van der Waals surface area contributed by atoms with E-state index in [2.05, 4.69) is 27.4 Å². The Balaban J connectivity index is 1.82. The van der Waals surface area contributed by atoms with Crippen molar-refractivity contribution in [3.05, 3.63) is 29.8 Å². The Morgan fingerprint density at radius 2 is 2.03 bits per heavy atom. The highest BCUT2D eigenvalue weighted by Gasteiger charge is 2.19.